The van der Waals surface area contributed by atoms with Crippen molar-refractivity contribution in [1.82, 2.24) is 4.90 Å². The highest BCUT2D eigenvalue weighted by molar-refractivity contribution is 5.77. The molecule has 1 aromatic rings. The maximum absolute atomic E-state index is 11.9. The van der Waals surface area contributed by atoms with Crippen molar-refractivity contribution in [1.29, 1.82) is 0 Å². The van der Waals surface area contributed by atoms with E-state index in [0.717, 1.165) is 5.75 Å². The number of β-amino-alcohol motifs (C(OH)–C–C–N with tert-alkyl or cyclic N) is 1. The third kappa shape index (κ3) is 3.31. The molecule has 4 heteroatoms. The van der Waals surface area contributed by atoms with Crippen molar-refractivity contribution in [2.24, 2.45) is 5.92 Å². The predicted molar refractivity (Wildman–Crippen MR) is 77.7 cm³/mol. The smallest absolute Gasteiger partial charge is 0.226 e. The monoisotopic (exact) mass is 277 g/mol. The summed E-state index contributed by atoms with van der Waals surface area (Å²) in [6.45, 7) is 7.22. The van der Waals surface area contributed by atoms with Gasteiger partial charge in [0.1, 0.15) is 11.4 Å². The van der Waals surface area contributed by atoms with E-state index in [2.05, 4.69) is 0 Å². The van der Waals surface area contributed by atoms with E-state index in [1.807, 2.05) is 45.0 Å². The van der Waals surface area contributed by atoms with Gasteiger partial charge in [-0.05, 0) is 25.0 Å². The number of carbonyl (C=O) groups is 1. The second-order valence-electron chi connectivity index (χ2n) is 5.92. The van der Waals surface area contributed by atoms with Crippen LogP contribution < -0.4 is 4.74 Å². The Kier molecular flexibility index (Phi) is 4.33. The SMILES string of the molecule is Cc1ccc(OCCC(=O)N2CC(O)(C(C)C)C2)cc1. The molecule has 1 amide bonds. The summed E-state index contributed by atoms with van der Waals surface area (Å²) >= 11 is 0. The van der Waals surface area contributed by atoms with Crippen LogP contribution >= 0.6 is 0 Å². The Morgan fingerprint density at radius 3 is 2.50 bits per heavy atom. The molecule has 0 unspecified atom stereocenters. The molecule has 1 saturated heterocycles. The Morgan fingerprint density at radius 1 is 1.35 bits per heavy atom. The quantitative estimate of drug-likeness (QED) is 0.895. The number of ether oxygens (including phenoxy) is 1. The fraction of sp³-hybridized carbons (Fsp3) is 0.562. The highest BCUT2D eigenvalue weighted by atomic mass is 16.5. The van der Waals surface area contributed by atoms with Gasteiger partial charge in [0.25, 0.3) is 0 Å². The molecule has 4 nitrogen and oxygen atoms in total. The van der Waals surface area contributed by atoms with Gasteiger partial charge in [-0.1, -0.05) is 31.5 Å². The van der Waals surface area contributed by atoms with Gasteiger partial charge in [0.05, 0.1) is 26.1 Å². The molecule has 2 rings (SSSR count). The molecule has 1 aliphatic heterocycles. The lowest BCUT2D eigenvalue weighted by Gasteiger charge is -2.49. The van der Waals surface area contributed by atoms with Crippen LogP contribution in [-0.2, 0) is 4.79 Å². The van der Waals surface area contributed by atoms with Crippen LogP contribution in [0.25, 0.3) is 0 Å². The van der Waals surface area contributed by atoms with Crippen LogP contribution in [0.4, 0.5) is 0 Å². The lowest BCUT2D eigenvalue weighted by Crippen LogP contribution is -2.66. The van der Waals surface area contributed by atoms with Crippen molar-refractivity contribution in [3.8, 4) is 5.75 Å². The van der Waals surface area contributed by atoms with Crippen molar-refractivity contribution >= 4 is 5.91 Å². The van der Waals surface area contributed by atoms with E-state index in [9.17, 15) is 9.90 Å². The van der Waals surface area contributed by atoms with Crippen LogP contribution in [0.2, 0.25) is 0 Å². The minimum atomic E-state index is -0.701. The molecule has 1 heterocycles. The van der Waals surface area contributed by atoms with Crippen LogP contribution in [-0.4, -0.2) is 41.2 Å². The van der Waals surface area contributed by atoms with Gasteiger partial charge in [-0.2, -0.15) is 0 Å². The topological polar surface area (TPSA) is 49.8 Å². The molecule has 0 bridgehead atoms. The normalized spacial score (nSPS) is 16.9. The van der Waals surface area contributed by atoms with E-state index in [4.69, 9.17) is 4.74 Å². The zero-order chi connectivity index (χ0) is 14.8. The van der Waals surface area contributed by atoms with E-state index in [1.165, 1.54) is 5.56 Å². The highest BCUT2D eigenvalue weighted by Gasteiger charge is 2.45. The maximum Gasteiger partial charge on any atom is 0.226 e. The van der Waals surface area contributed by atoms with Crippen molar-refractivity contribution < 1.29 is 14.6 Å². The number of carbonyl (C=O) groups excluding carboxylic acids is 1. The molecule has 20 heavy (non-hydrogen) atoms. The zero-order valence-corrected chi connectivity index (χ0v) is 12.4. The summed E-state index contributed by atoms with van der Waals surface area (Å²) in [6.07, 6.45) is 0.349. The van der Waals surface area contributed by atoms with Gasteiger partial charge in [0.15, 0.2) is 0 Å². The number of amides is 1. The summed E-state index contributed by atoms with van der Waals surface area (Å²) in [5, 5.41) is 10.1. The number of aryl methyl sites for hydroxylation is 1. The van der Waals surface area contributed by atoms with Gasteiger partial charge >= 0.3 is 0 Å². The van der Waals surface area contributed by atoms with Crippen LogP contribution in [0.1, 0.15) is 25.8 Å². The molecule has 0 aliphatic carbocycles. The van der Waals surface area contributed by atoms with Gasteiger partial charge < -0.3 is 14.7 Å². The Bertz CT molecular complexity index is 461. The third-order valence-electron chi connectivity index (χ3n) is 3.96. The number of hydrogen-bond acceptors (Lipinski definition) is 3. The van der Waals surface area contributed by atoms with Crippen LogP contribution in [0.5, 0.6) is 5.75 Å². The lowest BCUT2D eigenvalue weighted by molar-refractivity contribution is -0.164. The molecule has 1 fully saturated rings. The molecule has 1 aromatic carbocycles. The lowest BCUT2D eigenvalue weighted by atomic mass is 9.83. The van der Waals surface area contributed by atoms with E-state index in [-0.39, 0.29) is 11.8 Å². The molecule has 0 atom stereocenters. The first-order chi connectivity index (χ1) is 9.40. The summed E-state index contributed by atoms with van der Waals surface area (Å²) in [5.74, 6) is 1.00. The summed E-state index contributed by atoms with van der Waals surface area (Å²) in [7, 11) is 0. The Labute approximate surface area is 120 Å². The summed E-state index contributed by atoms with van der Waals surface area (Å²) in [6, 6.07) is 7.77. The van der Waals surface area contributed by atoms with Crippen molar-refractivity contribution in [2.75, 3.05) is 19.7 Å². The Hall–Kier alpha value is -1.55. The first-order valence-electron chi connectivity index (χ1n) is 7.10. The van der Waals surface area contributed by atoms with Crippen LogP contribution in [0.15, 0.2) is 24.3 Å². The number of aliphatic hydroxyl groups is 1. The number of rotatable bonds is 5. The van der Waals surface area contributed by atoms with E-state index in [0.29, 0.717) is 26.1 Å². The molecule has 1 aliphatic rings. The number of likely N-dealkylation sites (tertiary alicyclic amines) is 1. The molecular formula is C16H23NO3. The minimum absolute atomic E-state index is 0.0439. The first kappa shape index (κ1) is 14.9. The number of benzene rings is 1. The van der Waals surface area contributed by atoms with Gasteiger partial charge in [0.2, 0.25) is 5.91 Å². The zero-order valence-electron chi connectivity index (χ0n) is 12.4. The Balaban J connectivity index is 1.70. The van der Waals surface area contributed by atoms with E-state index >= 15 is 0 Å². The summed E-state index contributed by atoms with van der Waals surface area (Å²) in [4.78, 5) is 13.6. The van der Waals surface area contributed by atoms with E-state index in [1.54, 1.807) is 4.90 Å². The molecular weight excluding hydrogens is 254 g/mol. The molecule has 0 saturated carbocycles. The average Bonchev–Trinajstić information content (AvgIpc) is 2.37. The second kappa shape index (κ2) is 5.83. The molecule has 110 valence electrons. The van der Waals surface area contributed by atoms with Gasteiger partial charge in [-0.3, -0.25) is 4.79 Å². The predicted octanol–water partition coefficient (Wildman–Crippen LogP) is 1.99. The molecule has 0 radical (unpaired) electrons. The number of nitrogens with zero attached hydrogens (tertiary/aromatic N) is 1. The van der Waals surface area contributed by atoms with Crippen molar-refractivity contribution in [3.05, 3.63) is 29.8 Å². The van der Waals surface area contributed by atoms with Gasteiger partial charge in [0, 0.05) is 0 Å². The summed E-state index contributed by atoms with van der Waals surface area (Å²) < 4.78 is 5.54. The fourth-order valence-corrected chi connectivity index (χ4v) is 2.21. The summed E-state index contributed by atoms with van der Waals surface area (Å²) in [5.41, 5.74) is 0.481. The van der Waals surface area contributed by atoms with Crippen molar-refractivity contribution in [2.45, 2.75) is 32.8 Å². The Morgan fingerprint density at radius 2 is 1.95 bits per heavy atom. The largest absolute Gasteiger partial charge is 0.493 e. The molecule has 1 N–H and O–H groups in total. The standard InChI is InChI=1S/C16H23NO3/c1-12(2)16(19)10-17(11-16)15(18)8-9-20-14-6-4-13(3)5-7-14/h4-7,12,19H,8-11H2,1-3H3. The minimum Gasteiger partial charge on any atom is -0.493 e. The highest BCUT2D eigenvalue weighted by Crippen LogP contribution is 2.28. The van der Waals surface area contributed by atoms with Gasteiger partial charge in [-0.15, -0.1) is 0 Å². The second-order valence-corrected chi connectivity index (χ2v) is 5.92. The molecule has 0 spiro atoms. The van der Waals surface area contributed by atoms with Crippen molar-refractivity contribution in [3.63, 3.8) is 0 Å². The van der Waals surface area contributed by atoms with Crippen LogP contribution in [0.3, 0.4) is 0 Å². The van der Waals surface area contributed by atoms with Crippen LogP contribution in [0, 0.1) is 12.8 Å². The average molecular weight is 277 g/mol. The maximum atomic E-state index is 11.9. The first-order valence-corrected chi connectivity index (χ1v) is 7.10. The van der Waals surface area contributed by atoms with Gasteiger partial charge in [-0.25, -0.2) is 0 Å². The third-order valence-corrected chi connectivity index (χ3v) is 3.96. The fourth-order valence-electron chi connectivity index (χ4n) is 2.21. The van der Waals surface area contributed by atoms with E-state index < -0.39 is 5.60 Å². The molecule has 0 aromatic heterocycles. The number of hydrogen-bond donors (Lipinski definition) is 1.